The summed E-state index contributed by atoms with van der Waals surface area (Å²) < 4.78 is 48.9. The quantitative estimate of drug-likeness (QED) is 0.393. The van der Waals surface area contributed by atoms with Gasteiger partial charge < -0.3 is 10.2 Å². The van der Waals surface area contributed by atoms with Gasteiger partial charge in [-0.3, -0.25) is 4.79 Å². The Kier molecular flexibility index (Phi) is 10.4. The molecule has 0 saturated carbocycles. The second kappa shape index (κ2) is 13.6. The number of hydrogen-bond acceptors (Lipinski definition) is 6. The Morgan fingerprint density at radius 2 is 1.51 bits per heavy atom. The summed E-state index contributed by atoms with van der Waals surface area (Å²) in [6.07, 6.45) is 7.03. The van der Waals surface area contributed by atoms with Crippen LogP contribution in [0.15, 0.2) is 71.6 Å². The molecule has 1 atom stereocenters. The number of likely N-dealkylation sites (tertiary alicyclic amines) is 1. The van der Waals surface area contributed by atoms with Crippen molar-refractivity contribution in [2.75, 3.05) is 45.2 Å². The maximum atomic E-state index is 12.8. The van der Waals surface area contributed by atoms with Crippen LogP contribution >= 0.6 is 0 Å². The zero-order valence-electron chi connectivity index (χ0n) is 24.2. The molecule has 0 aromatic heterocycles. The standard InChI is InChI=1S/C31H43N3O5S2/c1-24(31(35)32-23-25-9-11-29(12-10-25)40(2,36)37)26-13-18-33(19-14-26)20-17-30(27-7-5-4-6-8-27)28-15-21-34(22-16-28)41(3,38)39/h4-12,26,28,30H,1,13-23H2,2-3H3,(H,32,35)/t30-/m1/s1. The van der Waals surface area contributed by atoms with Crippen LogP contribution in [0.4, 0.5) is 0 Å². The Labute approximate surface area is 245 Å². The number of benzene rings is 2. The lowest BCUT2D eigenvalue weighted by molar-refractivity contribution is -0.118. The summed E-state index contributed by atoms with van der Waals surface area (Å²) in [6.45, 7) is 8.41. The van der Waals surface area contributed by atoms with Gasteiger partial charge >= 0.3 is 0 Å². The Morgan fingerprint density at radius 1 is 0.902 bits per heavy atom. The number of sulfone groups is 1. The van der Waals surface area contributed by atoms with E-state index in [4.69, 9.17) is 0 Å². The van der Waals surface area contributed by atoms with Gasteiger partial charge in [0.1, 0.15) is 0 Å². The van der Waals surface area contributed by atoms with Crippen LogP contribution < -0.4 is 5.32 Å². The molecule has 1 N–H and O–H groups in total. The van der Waals surface area contributed by atoms with Gasteiger partial charge in [-0.2, -0.15) is 0 Å². The lowest BCUT2D eigenvalue weighted by Crippen LogP contribution is -2.40. The summed E-state index contributed by atoms with van der Waals surface area (Å²) >= 11 is 0. The molecule has 0 unspecified atom stereocenters. The first kappa shape index (κ1) is 31.4. The average molecular weight is 602 g/mol. The number of hydrogen-bond donors (Lipinski definition) is 1. The molecule has 41 heavy (non-hydrogen) atoms. The van der Waals surface area contributed by atoms with Crippen molar-refractivity contribution >= 4 is 25.8 Å². The molecule has 0 aliphatic carbocycles. The van der Waals surface area contributed by atoms with E-state index in [0.717, 1.165) is 57.3 Å². The summed E-state index contributed by atoms with van der Waals surface area (Å²) in [5.41, 5.74) is 2.77. The Hall–Kier alpha value is -2.53. The molecule has 10 heteroatoms. The van der Waals surface area contributed by atoms with Crippen molar-refractivity contribution in [3.05, 3.63) is 77.9 Å². The first-order valence-electron chi connectivity index (χ1n) is 14.4. The molecule has 2 aromatic carbocycles. The van der Waals surface area contributed by atoms with Gasteiger partial charge in [-0.15, -0.1) is 0 Å². The third-order valence-corrected chi connectivity index (χ3v) is 11.1. The van der Waals surface area contributed by atoms with E-state index in [9.17, 15) is 21.6 Å². The average Bonchev–Trinajstić information content (AvgIpc) is 2.96. The highest BCUT2D eigenvalue weighted by molar-refractivity contribution is 7.90. The predicted molar refractivity (Wildman–Crippen MR) is 163 cm³/mol. The molecule has 224 valence electrons. The highest BCUT2D eigenvalue weighted by atomic mass is 32.2. The van der Waals surface area contributed by atoms with E-state index in [0.29, 0.717) is 37.0 Å². The second-order valence-corrected chi connectivity index (χ2v) is 15.5. The van der Waals surface area contributed by atoms with Crippen LogP contribution in [0.25, 0.3) is 0 Å². The van der Waals surface area contributed by atoms with Gasteiger partial charge in [0.25, 0.3) is 0 Å². The van der Waals surface area contributed by atoms with Crippen molar-refractivity contribution in [1.82, 2.24) is 14.5 Å². The third kappa shape index (κ3) is 8.73. The van der Waals surface area contributed by atoms with Crippen LogP contribution in [0.3, 0.4) is 0 Å². The number of nitrogens with zero attached hydrogens (tertiary/aromatic N) is 2. The Bertz CT molecular complexity index is 1390. The van der Waals surface area contributed by atoms with Gasteiger partial charge in [0.15, 0.2) is 9.84 Å². The number of amides is 1. The van der Waals surface area contributed by atoms with E-state index in [2.05, 4.69) is 41.1 Å². The summed E-state index contributed by atoms with van der Waals surface area (Å²) in [7, 11) is -6.39. The van der Waals surface area contributed by atoms with E-state index in [1.165, 1.54) is 18.1 Å². The largest absolute Gasteiger partial charge is 0.348 e. The molecule has 2 aliphatic rings. The normalized spacial score (nSPS) is 19.1. The number of piperidine rings is 2. The van der Waals surface area contributed by atoms with E-state index in [1.807, 2.05) is 6.07 Å². The van der Waals surface area contributed by atoms with Crippen molar-refractivity contribution in [3.8, 4) is 0 Å². The fraction of sp³-hybridized carbons (Fsp3) is 0.516. The van der Waals surface area contributed by atoms with E-state index >= 15 is 0 Å². The maximum Gasteiger partial charge on any atom is 0.247 e. The molecule has 0 radical (unpaired) electrons. The van der Waals surface area contributed by atoms with Gasteiger partial charge in [-0.05, 0) is 92.8 Å². The topological polar surface area (TPSA) is 104 Å². The van der Waals surface area contributed by atoms with Gasteiger partial charge in [0.2, 0.25) is 15.9 Å². The molecular weight excluding hydrogens is 558 g/mol. The third-order valence-electron chi connectivity index (χ3n) is 8.70. The Balaban J connectivity index is 1.25. The SMILES string of the molecule is C=C(C(=O)NCc1ccc(S(C)(=O)=O)cc1)C1CCN(CC[C@H](c2ccccc2)C2CCN(S(C)(=O)=O)CC2)CC1. The number of sulfonamides is 1. The number of carbonyl (C=O) groups excluding carboxylic acids is 1. The molecular formula is C31H43N3O5S2. The van der Waals surface area contributed by atoms with E-state index in [1.54, 1.807) is 28.6 Å². The van der Waals surface area contributed by atoms with Crippen molar-refractivity contribution in [2.45, 2.75) is 49.5 Å². The highest BCUT2D eigenvalue weighted by Gasteiger charge is 2.31. The number of rotatable bonds is 11. The molecule has 2 fully saturated rings. The summed E-state index contributed by atoms with van der Waals surface area (Å²) in [4.78, 5) is 15.5. The lowest BCUT2D eigenvalue weighted by atomic mass is 9.78. The first-order chi connectivity index (χ1) is 19.4. The zero-order valence-corrected chi connectivity index (χ0v) is 25.8. The second-order valence-electron chi connectivity index (χ2n) is 11.5. The molecule has 2 saturated heterocycles. The summed E-state index contributed by atoms with van der Waals surface area (Å²) in [5.74, 6) is 0.839. The molecule has 8 nitrogen and oxygen atoms in total. The van der Waals surface area contributed by atoms with Crippen LogP contribution in [0.5, 0.6) is 0 Å². The smallest absolute Gasteiger partial charge is 0.247 e. The molecule has 0 spiro atoms. The molecule has 2 aliphatic heterocycles. The molecule has 2 aromatic rings. The maximum absolute atomic E-state index is 12.8. The molecule has 2 heterocycles. The first-order valence-corrected chi connectivity index (χ1v) is 18.1. The van der Waals surface area contributed by atoms with Crippen LogP contribution in [-0.4, -0.2) is 77.2 Å². The minimum atomic E-state index is -3.25. The van der Waals surface area contributed by atoms with Crippen molar-refractivity contribution in [3.63, 3.8) is 0 Å². The summed E-state index contributed by atoms with van der Waals surface area (Å²) in [6, 6.07) is 17.2. The Morgan fingerprint density at radius 3 is 2.07 bits per heavy atom. The molecule has 4 rings (SSSR count). The lowest BCUT2D eigenvalue weighted by Gasteiger charge is -2.37. The van der Waals surface area contributed by atoms with E-state index in [-0.39, 0.29) is 16.7 Å². The van der Waals surface area contributed by atoms with Crippen LogP contribution in [0, 0.1) is 11.8 Å². The van der Waals surface area contributed by atoms with Gasteiger partial charge in [0.05, 0.1) is 11.2 Å². The van der Waals surface area contributed by atoms with Crippen LogP contribution in [0.2, 0.25) is 0 Å². The van der Waals surface area contributed by atoms with Crippen molar-refractivity contribution in [2.24, 2.45) is 11.8 Å². The van der Waals surface area contributed by atoms with E-state index < -0.39 is 19.9 Å². The van der Waals surface area contributed by atoms with Crippen LogP contribution in [0.1, 0.15) is 49.1 Å². The summed E-state index contributed by atoms with van der Waals surface area (Å²) in [5, 5.41) is 2.93. The van der Waals surface area contributed by atoms with Gasteiger partial charge in [-0.1, -0.05) is 49.0 Å². The minimum absolute atomic E-state index is 0.143. The highest BCUT2D eigenvalue weighted by Crippen LogP contribution is 2.36. The number of carbonyl (C=O) groups is 1. The van der Waals surface area contributed by atoms with Crippen molar-refractivity contribution in [1.29, 1.82) is 0 Å². The van der Waals surface area contributed by atoms with Gasteiger partial charge in [0, 0.05) is 31.5 Å². The van der Waals surface area contributed by atoms with Crippen molar-refractivity contribution < 1.29 is 21.6 Å². The fourth-order valence-corrected chi connectivity index (χ4v) is 7.65. The monoisotopic (exact) mass is 601 g/mol. The molecule has 0 bridgehead atoms. The minimum Gasteiger partial charge on any atom is -0.348 e. The fourth-order valence-electron chi connectivity index (χ4n) is 6.15. The number of nitrogens with one attached hydrogen (secondary N) is 1. The predicted octanol–water partition coefficient (Wildman–Crippen LogP) is 3.82. The van der Waals surface area contributed by atoms with Crippen LogP contribution in [-0.2, 0) is 31.2 Å². The van der Waals surface area contributed by atoms with Gasteiger partial charge in [-0.25, -0.2) is 21.1 Å². The molecule has 1 amide bonds. The zero-order chi connectivity index (χ0) is 29.6.